The number of imidazole rings is 1. The number of hydrogen-bond donors (Lipinski definition) is 0. The first-order valence-electron chi connectivity index (χ1n) is 8.51. The molecule has 143 valence electrons. The summed E-state index contributed by atoms with van der Waals surface area (Å²) in [6.45, 7) is 0. The smallest absolute Gasteiger partial charge is 0.0818 e. The molecule has 0 unspecified atom stereocenters. The molecule has 0 amide bonds. The van der Waals surface area contributed by atoms with E-state index in [0.717, 1.165) is 17.1 Å². The van der Waals surface area contributed by atoms with Crippen LogP contribution in [0.1, 0.15) is 5.56 Å². The Morgan fingerprint density at radius 3 is 2.69 bits per heavy atom. The summed E-state index contributed by atoms with van der Waals surface area (Å²) < 4.78 is 15.0. The van der Waals surface area contributed by atoms with E-state index in [-0.39, 0.29) is 25.7 Å². The Balaban J connectivity index is 0.000000161. The summed E-state index contributed by atoms with van der Waals surface area (Å²) >= 11 is 0. The number of nitrogens with zero attached hydrogens (tertiary/aromatic N) is 4. The first kappa shape index (κ1) is 20.3. The van der Waals surface area contributed by atoms with Crippen molar-refractivity contribution >= 4 is 16.4 Å². The number of rotatable bonds is 1. The van der Waals surface area contributed by atoms with Crippen LogP contribution in [0.15, 0.2) is 79.4 Å². The largest absolute Gasteiger partial charge is 0.347 e. The maximum Gasteiger partial charge on any atom is 0.0818 e. The van der Waals surface area contributed by atoms with Crippen molar-refractivity contribution in [1.29, 1.82) is 5.26 Å². The quantitative estimate of drug-likeness (QED) is 0.278. The van der Waals surface area contributed by atoms with Crippen molar-refractivity contribution in [2.45, 2.75) is 0 Å². The minimum absolute atomic E-state index is 0. The Hall–Kier alpha value is -3.39. The fourth-order valence-corrected chi connectivity index (χ4v) is 2.80. The molecule has 0 bridgehead atoms. The van der Waals surface area contributed by atoms with E-state index in [1.54, 1.807) is 30.6 Å². The molecule has 3 aromatic heterocycles. The number of benzene rings is 2. The number of nitriles is 1. The van der Waals surface area contributed by atoms with Crippen LogP contribution in [0.25, 0.3) is 27.7 Å². The minimum atomic E-state index is -0.558. The van der Waals surface area contributed by atoms with Crippen molar-refractivity contribution in [1.82, 2.24) is 14.4 Å². The van der Waals surface area contributed by atoms with Gasteiger partial charge in [-0.15, -0.1) is 58.8 Å². The first-order valence-corrected chi connectivity index (χ1v) is 8.51. The zero-order valence-corrected chi connectivity index (χ0v) is 17.4. The van der Waals surface area contributed by atoms with Gasteiger partial charge >= 0.3 is 0 Å². The molecule has 0 N–H and O–H groups in total. The molecule has 0 spiro atoms. The SMILES string of the molecule is N#Cc1cc(-c2ccccn2)[c-]cc1F.[Ir].[c-]1cccc2ccn3ccnc3c12. The van der Waals surface area contributed by atoms with Gasteiger partial charge in [0.05, 0.1) is 17.5 Å². The van der Waals surface area contributed by atoms with Crippen LogP contribution in [0.3, 0.4) is 0 Å². The maximum atomic E-state index is 13.0. The van der Waals surface area contributed by atoms with Crippen molar-refractivity contribution in [3.05, 3.63) is 103 Å². The average Bonchev–Trinajstić information content (AvgIpc) is 3.25. The van der Waals surface area contributed by atoms with Crippen LogP contribution in [0, 0.1) is 29.3 Å². The number of hydrogen-bond acceptors (Lipinski definition) is 3. The number of fused-ring (bicyclic) bond motifs is 3. The summed E-state index contributed by atoms with van der Waals surface area (Å²) in [6, 6.07) is 23.8. The van der Waals surface area contributed by atoms with Gasteiger partial charge < -0.3 is 9.38 Å². The second kappa shape index (κ2) is 9.20. The fraction of sp³-hybridized carbons (Fsp3) is 0. The van der Waals surface area contributed by atoms with Crippen LogP contribution in [-0.2, 0) is 20.1 Å². The second-order valence-corrected chi connectivity index (χ2v) is 5.91. The Morgan fingerprint density at radius 1 is 1.00 bits per heavy atom. The molecule has 5 rings (SSSR count). The Morgan fingerprint density at radius 2 is 1.90 bits per heavy atom. The van der Waals surface area contributed by atoms with Gasteiger partial charge in [0.2, 0.25) is 0 Å². The molecule has 0 aliphatic heterocycles. The predicted octanol–water partition coefficient (Wildman–Crippen LogP) is 4.84. The molecule has 4 nitrogen and oxygen atoms in total. The molecule has 0 saturated heterocycles. The van der Waals surface area contributed by atoms with Gasteiger partial charge in [-0.05, 0) is 18.0 Å². The van der Waals surface area contributed by atoms with Crippen LogP contribution in [0.4, 0.5) is 4.39 Å². The van der Waals surface area contributed by atoms with Gasteiger partial charge in [0.1, 0.15) is 0 Å². The van der Waals surface area contributed by atoms with E-state index in [2.05, 4.69) is 34.2 Å². The molecule has 0 aliphatic carbocycles. The monoisotopic (exact) mass is 557 g/mol. The van der Waals surface area contributed by atoms with Gasteiger partial charge in [-0.2, -0.15) is 5.26 Å². The van der Waals surface area contributed by atoms with Gasteiger partial charge in [-0.1, -0.05) is 18.2 Å². The van der Waals surface area contributed by atoms with Crippen molar-refractivity contribution in [3.63, 3.8) is 0 Å². The Kier molecular flexibility index (Phi) is 6.46. The zero-order valence-electron chi connectivity index (χ0n) is 15.0. The molecule has 29 heavy (non-hydrogen) atoms. The van der Waals surface area contributed by atoms with Crippen LogP contribution >= 0.6 is 0 Å². The van der Waals surface area contributed by atoms with E-state index in [9.17, 15) is 4.39 Å². The molecule has 0 aliphatic rings. The summed E-state index contributed by atoms with van der Waals surface area (Å²) in [6.07, 6.45) is 7.39. The van der Waals surface area contributed by atoms with Gasteiger partial charge in [0.25, 0.3) is 0 Å². The summed E-state index contributed by atoms with van der Waals surface area (Å²) in [5.41, 5.74) is 2.27. The molecule has 6 heteroatoms. The Bertz CT molecular complexity index is 1290. The standard InChI is InChI=1S/C12H6FN2.C11H7N2.Ir/c13-11-5-4-9(7-10(11)8-14)12-3-1-2-6-15-12;1-2-4-10-9(3-1)5-7-13-8-6-12-11(10)13;/h1-3,5-7H;1-3,5-8H;/q2*-1;. The third-order valence-corrected chi connectivity index (χ3v) is 4.16. The van der Waals surface area contributed by atoms with E-state index in [0.29, 0.717) is 11.3 Å². The topological polar surface area (TPSA) is 54.0 Å². The predicted molar refractivity (Wildman–Crippen MR) is 105 cm³/mol. The average molecular weight is 557 g/mol. The summed E-state index contributed by atoms with van der Waals surface area (Å²) in [4.78, 5) is 8.37. The van der Waals surface area contributed by atoms with Crippen LogP contribution < -0.4 is 0 Å². The van der Waals surface area contributed by atoms with Crippen molar-refractivity contribution in [3.8, 4) is 17.3 Å². The van der Waals surface area contributed by atoms with Crippen molar-refractivity contribution < 1.29 is 24.5 Å². The molecular weight excluding hydrogens is 543 g/mol. The molecule has 1 radical (unpaired) electrons. The fourth-order valence-electron chi connectivity index (χ4n) is 2.80. The third-order valence-electron chi connectivity index (χ3n) is 4.16. The van der Waals surface area contributed by atoms with E-state index in [1.807, 2.05) is 35.0 Å². The molecular formula is C23H13FIrN4-2. The van der Waals surface area contributed by atoms with Crippen LogP contribution in [0.2, 0.25) is 0 Å². The van der Waals surface area contributed by atoms with Gasteiger partial charge in [0.15, 0.2) is 0 Å². The second-order valence-electron chi connectivity index (χ2n) is 5.91. The van der Waals surface area contributed by atoms with E-state index < -0.39 is 5.82 Å². The van der Waals surface area contributed by atoms with Gasteiger partial charge in [-0.3, -0.25) is 9.37 Å². The number of pyridine rings is 2. The van der Waals surface area contributed by atoms with Crippen molar-refractivity contribution in [2.75, 3.05) is 0 Å². The summed E-state index contributed by atoms with van der Waals surface area (Å²) in [5, 5.41) is 10.9. The van der Waals surface area contributed by atoms with E-state index in [1.165, 1.54) is 11.5 Å². The third kappa shape index (κ3) is 4.38. The summed E-state index contributed by atoms with van der Waals surface area (Å²) in [7, 11) is 0. The summed E-state index contributed by atoms with van der Waals surface area (Å²) in [5.74, 6) is -0.558. The zero-order chi connectivity index (χ0) is 19.3. The first-order chi connectivity index (χ1) is 13.8. The van der Waals surface area contributed by atoms with Crippen LogP contribution in [-0.4, -0.2) is 14.4 Å². The molecule has 0 atom stereocenters. The molecule has 3 heterocycles. The minimum Gasteiger partial charge on any atom is -0.347 e. The normalized spacial score (nSPS) is 9.93. The molecule has 2 aromatic carbocycles. The van der Waals surface area contributed by atoms with Gasteiger partial charge in [0, 0.05) is 44.3 Å². The number of halogens is 1. The molecule has 0 saturated carbocycles. The maximum absolute atomic E-state index is 13.0. The van der Waals surface area contributed by atoms with E-state index in [4.69, 9.17) is 5.26 Å². The van der Waals surface area contributed by atoms with Gasteiger partial charge in [-0.25, -0.2) is 0 Å². The van der Waals surface area contributed by atoms with Crippen LogP contribution in [0.5, 0.6) is 0 Å². The van der Waals surface area contributed by atoms with Crippen molar-refractivity contribution in [2.24, 2.45) is 0 Å². The molecule has 0 fully saturated rings. The molecule has 5 aromatic rings. The number of aromatic nitrogens is 3. The Labute approximate surface area is 180 Å². The van der Waals surface area contributed by atoms with E-state index >= 15 is 0 Å².